The molecule has 2 N–H and O–H groups in total. The SMILES string of the molecule is CCC(N)C(C)N1CCCC(OC)C1. The van der Waals surface area contributed by atoms with Crippen LogP contribution in [0.4, 0.5) is 0 Å². The van der Waals surface area contributed by atoms with E-state index in [0.29, 0.717) is 18.2 Å². The van der Waals surface area contributed by atoms with Crippen LogP contribution in [-0.4, -0.2) is 43.3 Å². The van der Waals surface area contributed by atoms with Crippen molar-refractivity contribution in [3.63, 3.8) is 0 Å². The maximum atomic E-state index is 6.05. The zero-order valence-electron chi connectivity index (χ0n) is 9.70. The van der Waals surface area contributed by atoms with Crippen molar-refractivity contribution in [3.8, 4) is 0 Å². The summed E-state index contributed by atoms with van der Waals surface area (Å²) in [4.78, 5) is 2.46. The van der Waals surface area contributed by atoms with Crippen LogP contribution in [0.15, 0.2) is 0 Å². The van der Waals surface area contributed by atoms with Crippen molar-refractivity contribution in [2.45, 2.75) is 51.3 Å². The molecule has 0 aliphatic carbocycles. The second-order valence-electron chi connectivity index (χ2n) is 4.31. The van der Waals surface area contributed by atoms with Crippen LogP contribution in [0, 0.1) is 0 Å². The van der Waals surface area contributed by atoms with Crippen LogP contribution in [0.2, 0.25) is 0 Å². The van der Waals surface area contributed by atoms with E-state index in [1.54, 1.807) is 7.11 Å². The van der Waals surface area contributed by atoms with Gasteiger partial charge in [-0.3, -0.25) is 4.90 Å². The molecule has 84 valence electrons. The maximum absolute atomic E-state index is 6.05. The van der Waals surface area contributed by atoms with E-state index in [2.05, 4.69) is 18.7 Å². The molecule has 1 saturated heterocycles. The molecular weight excluding hydrogens is 176 g/mol. The van der Waals surface area contributed by atoms with Gasteiger partial charge < -0.3 is 10.5 Å². The molecule has 1 rings (SSSR count). The Bertz CT molecular complexity index is 161. The minimum atomic E-state index is 0.297. The molecule has 1 aliphatic rings. The van der Waals surface area contributed by atoms with E-state index in [-0.39, 0.29) is 0 Å². The third-order valence-corrected chi connectivity index (χ3v) is 3.41. The van der Waals surface area contributed by atoms with E-state index in [1.165, 1.54) is 19.4 Å². The van der Waals surface area contributed by atoms with Crippen molar-refractivity contribution in [2.24, 2.45) is 5.73 Å². The lowest BCUT2D eigenvalue weighted by atomic mass is 10.0. The van der Waals surface area contributed by atoms with Gasteiger partial charge in [0.05, 0.1) is 6.10 Å². The van der Waals surface area contributed by atoms with Crippen molar-refractivity contribution in [1.29, 1.82) is 0 Å². The van der Waals surface area contributed by atoms with Crippen LogP contribution in [0.25, 0.3) is 0 Å². The molecule has 0 radical (unpaired) electrons. The molecule has 0 aromatic carbocycles. The molecule has 3 unspecified atom stereocenters. The molecule has 1 heterocycles. The molecule has 3 nitrogen and oxygen atoms in total. The zero-order valence-corrected chi connectivity index (χ0v) is 9.70. The van der Waals surface area contributed by atoms with Crippen LogP contribution >= 0.6 is 0 Å². The fraction of sp³-hybridized carbons (Fsp3) is 1.00. The van der Waals surface area contributed by atoms with E-state index < -0.39 is 0 Å². The average molecular weight is 200 g/mol. The molecule has 3 atom stereocenters. The van der Waals surface area contributed by atoms with Gasteiger partial charge in [0, 0.05) is 25.7 Å². The highest BCUT2D eigenvalue weighted by Crippen LogP contribution is 2.16. The average Bonchev–Trinajstić information content (AvgIpc) is 2.27. The smallest absolute Gasteiger partial charge is 0.0698 e. The molecule has 3 heteroatoms. The first kappa shape index (κ1) is 12.0. The molecule has 0 aromatic heterocycles. The predicted molar refractivity (Wildman–Crippen MR) is 59.3 cm³/mol. The van der Waals surface area contributed by atoms with E-state index in [0.717, 1.165) is 13.0 Å². The number of nitrogens with zero attached hydrogens (tertiary/aromatic N) is 1. The van der Waals surface area contributed by atoms with Crippen LogP contribution in [0.3, 0.4) is 0 Å². The van der Waals surface area contributed by atoms with Gasteiger partial charge in [-0.15, -0.1) is 0 Å². The second kappa shape index (κ2) is 5.69. The summed E-state index contributed by atoms with van der Waals surface area (Å²) in [6.45, 7) is 6.60. The van der Waals surface area contributed by atoms with Gasteiger partial charge >= 0.3 is 0 Å². The van der Waals surface area contributed by atoms with Crippen molar-refractivity contribution in [3.05, 3.63) is 0 Å². The predicted octanol–water partition coefficient (Wildman–Crippen LogP) is 1.22. The number of methoxy groups -OCH3 is 1. The number of nitrogens with two attached hydrogens (primary N) is 1. The Morgan fingerprint density at radius 2 is 2.29 bits per heavy atom. The van der Waals surface area contributed by atoms with Gasteiger partial charge in [-0.2, -0.15) is 0 Å². The van der Waals surface area contributed by atoms with Gasteiger partial charge in [0.25, 0.3) is 0 Å². The highest BCUT2D eigenvalue weighted by molar-refractivity contribution is 4.82. The lowest BCUT2D eigenvalue weighted by Crippen LogP contribution is -2.51. The molecule has 0 saturated carbocycles. The Morgan fingerprint density at radius 3 is 2.86 bits per heavy atom. The van der Waals surface area contributed by atoms with Crippen molar-refractivity contribution in [2.75, 3.05) is 20.2 Å². The monoisotopic (exact) mass is 200 g/mol. The van der Waals surface area contributed by atoms with Crippen molar-refractivity contribution < 1.29 is 4.74 Å². The van der Waals surface area contributed by atoms with Gasteiger partial charge in [-0.1, -0.05) is 6.92 Å². The highest BCUT2D eigenvalue weighted by Gasteiger charge is 2.25. The fourth-order valence-corrected chi connectivity index (χ4v) is 2.14. The summed E-state index contributed by atoms with van der Waals surface area (Å²) in [5, 5.41) is 0. The van der Waals surface area contributed by atoms with Gasteiger partial charge in [0.1, 0.15) is 0 Å². The lowest BCUT2D eigenvalue weighted by molar-refractivity contribution is 0.0130. The second-order valence-corrected chi connectivity index (χ2v) is 4.31. The molecule has 14 heavy (non-hydrogen) atoms. The third-order valence-electron chi connectivity index (χ3n) is 3.41. The number of rotatable bonds is 4. The summed E-state index contributed by atoms with van der Waals surface area (Å²) in [6, 6.07) is 0.781. The van der Waals surface area contributed by atoms with Gasteiger partial charge in [0.2, 0.25) is 0 Å². The van der Waals surface area contributed by atoms with Gasteiger partial charge in [0.15, 0.2) is 0 Å². The normalized spacial score (nSPS) is 28.7. The van der Waals surface area contributed by atoms with Crippen molar-refractivity contribution >= 4 is 0 Å². The lowest BCUT2D eigenvalue weighted by Gasteiger charge is -2.38. The molecule has 0 spiro atoms. The Hall–Kier alpha value is -0.120. The molecule has 1 fully saturated rings. The first-order valence-electron chi connectivity index (χ1n) is 5.71. The minimum absolute atomic E-state index is 0.297. The summed E-state index contributed by atoms with van der Waals surface area (Å²) >= 11 is 0. The Balaban J connectivity index is 2.42. The molecule has 0 bridgehead atoms. The zero-order chi connectivity index (χ0) is 10.6. The van der Waals surface area contributed by atoms with Gasteiger partial charge in [-0.25, -0.2) is 0 Å². The van der Waals surface area contributed by atoms with Gasteiger partial charge in [-0.05, 0) is 32.7 Å². The Labute approximate surface area is 87.6 Å². The maximum Gasteiger partial charge on any atom is 0.0698 e. The third kappa shape index (κ3) is 2.94. The van der Waals surface area contributed by atoms with E-state index in [4.69, 9.17) is 10.5 Å². The first-order valence-corrected chi connectivity index (χ1v) is 5.71. The largest absolute Gasteiger partial charge is 0.380 e. The number of hydrogen-bond donors (Lipinski definition) is 1. The minimum Gasteiger partial charge on any atom is -0.380 e. The summed E-state index contributed by atoms with van der Waals surface area (Å²) in [5.41, 5.74) is 6.05. The van der Waals surface area contributed by atoms with Crippen LogP contribution < -0.4 is 5.73 Å². The topological polar surface area (TPSA) is 38.5 Å². The quantitative estimate of drug-likeness (QED) is 0.741. The fourth-order valence-electron chi connectivity index (χ4n) is 2.14. The standard InChI is InChI=1S/C11H24N2O/c1-4-11(12)9(2)13-7-5-6-10(8-13)14-3/h9-11H,4-8,12H2,1-3H3. The van der Waals surface area contributed by atoms with Crippen molar-refractivity contribution in [1.82, 2.24) is 4.90 Å². The molecule has 0 aromatic rings. The number of hydrogen-bond acceptors (Lipinski definition) is 3. The Kier molecular flexibility index (Phi) is 4.85. The summed E-state index contributed by atoms with van der Waals surface area (Å²) < 4.78 is 5.40. The Morgan fingerprint density at radius 1 is 1.57 bits per heavy atom. The van der Waals surface area contributed by atoms with E-state index in [9.17, 15) is 0 Å². The molecule has 1 aliphatic heterocycles. The highest BCUT2D eigenvalue weighted by atomic mass is 16.5. The summed E-state index contributed by atoms with van der Waals surface area (Å²) in [5.74, 6) is 0. The number of piperidine rings is 1. The molecule has 0 amide bonds. The number of likely N-dealkylation sites (tertiary alicyclic amines) is 1. The number of ether oxygens (including phenoxy) is 1. The van der Waals surface area contributed by atoms with E-state index >= 15 is 0 Å². The van der Waals surface area contributed by atoms with Crippen LogP contribution in [-0.2, 0) is 4.74 Å². The first-order chi connectivity index (χ1) is 6.69. The molecular formula is C11H24N2O. The summed E-state index contributed by atoms with van der Waals surface area (Å²) in [7, 11) is 1.80. The van der Waals surface area contributed by atoms with Crippen LogP contribution in [0.5, 0.6) is 0 Å². The summed E-state index contributed by atoms with van der Waals surface area (Å²) in [6.07, 6.45) is 3.89. The van der Waals surface area contributed by atoms with E-state index in [1.807, 2.05) is 0 Å². The van der Waals surface area contributed by atoms with Crippen LogP contribution in [0.1, 0.15) is 33.1 Å².